The Morgan fingerprint density at radius 1 is 1.11 bits per heavy atom. The summed E-state index contributed by atoms with van der Waals surface area (Å²) in [6.45, 7) is 0. The molecule has 28 heavy (non-hydrogen) atoms. The van der Waals surface area contributed by atoms with E-state index in [2.05, 4.69) is 10.3 Å². The lowest BCUT2D eigenvalue weighted by atomic mass is 10.1. The van der Waals surface area contributed by atoms with Gasteiger partial charge in [0.05, 0.1) is 13.5 Å². The average Bonchev–Trinajstić information content (AvgIpc) is 3.11. The molecule has 5 nitrogen and oxygen atoms in total. The average molecular weight is 393 g/mol. The number of carbonyl (C=O) groups excluding carboxylic acids is 1. The largest absolute Gasteiger partial charge is 0.497 e. The number of fused-ring (bicyclic) bond motifs is 1. The van der Waals surface area contributed by atoms with Gasteiger partial charge in [-0.2, -0.15) is 0 Å². The Hall–Kier alpha value is -3.31. The van der Waals surface area contributed by atoms with Gasteiger partial charge < -0.3 is 14.5 Å². The van der Waals surface area contributed by atoms with E-state index in [-0.39, 0.29) is 12.3 Å². The third-order valence-electron chi connectivity index (χ3n) is 4.24. The molecule has 0 aliphatic heterocycles. The number of aromatic nitrogens is 1. The highest BCUT2D eigenvalue weighted by molar-refractivity contribution is 6.31. The summed E-state index contributed by atoms with van der Waals surface area (Å²) >= 11 is 6.00. The Morgan fingerprint density at radius 3 is 2.82 bits per heavy atom. The van der Waals surface area contributed by atoms with Crippen LogP contribution in [0.15, 0.2) is 71.1 Å². The van der Waals surface area contributed by atoms with Gasteiger partial charge in [-0.05, 0) is 54.1 Å². The van der Waals surface area contributed by atoms with Gasteiger partial charge in [0, 0.05) is 16.3 Å². The topological polar surface area (TPSA) is 64.4 Å². The van der Waals surface area contributed by atoms with E-state index >= 15 is 0 Å². The third-order valence-corrected chi connectivity index (χ3v) is 4.48. The lowest BCUT2D eigenvalue weighted by Crippen LogP contribution is -2.14. The molecule has 0 aliphatic carbocycles. The Labute approximate surface area is 166 Å². The maximum atomic E-state index is 12.4. The fourth-order valence-electron chi connectivity index (χ4n) is 2.93. The predicted molar refractivity (Wildman–Crippen MR) is 110 cm³/mol. The van der Waals surface area contributed by atoms with Gasteiger partial charge in [-0.25, -0.2) is 4.98 Å². The van der Waals surface area contributed by atoms with Gasteiger partial charge in [-0.15, -0.1) is 0 Å². The zero-order valence-electron chi connectivity index (χ0n) is 15.1. The normalized spacial score (nSPS) is 10.8. The highest BCUT2D eigenvalue weighted by Gasteiger charge is 2.11. The molecule has 0 fully saturated rings. The van der Waals surface area contributed by atoms with Gasteiger partial charge in [0.1, 0.15) is 11.3 Å². The molecule has 0 atom stereocenters. The molecule has 0 radical (unpaired) electrons. The molecule has 1 amide bonds. The molecule has 0 unspecified atom stereocenters. The van der Waals surface area contributed by atoms with Crippen LogP contribution in [0.4, 0.5) is 5.69 Å². The van der Waals surface area contributed by atoms with Crippen molar-refractivity contribution in [3.63, 3.8) is 0 Å². The number of methoxy groups -OCH3 is 1. The Morgan fingerprint density at radius 2 is 1.96 bits per heavy atom. The molecule has 1 heterocycles. The number of anilines is 1. The molecule has 0 bridgehead atoms. The summed E-state index contributed by atoms with van der Waals surface area (Å²) in [5.41, 5.74) is 3.67. The number of hydrogen-bond acceptors (Lipinski definition) is 4. The van der Waals surface area contributed by atoms with Gasteiger partial charge in [-0.3, -0.25) is 4.79 Å². The number of nitrogens with zero attached hydrogens (tertiary/aromatic N) is 1. The van der Waals surface area contributed by atoms with Crippen LogP contribution < -0.4 is 10.1 Å². The Kier molecular flexibility index (Phi) is 5.00. The highest BCUT2D eigenvalue weighted by atomic mass is 35.5. The highest BCUT2D eigenvalue weighted by Crippen LogP contribution is 2.27. The van der Waals surface area contributed by atoms with Crippen LogP contribution in [0, 0.1) is 0 Å². The van der Waals surface area contributed by atoms with Crippen LogP contribution in [0.3, 0.4) is 0 Å². The second-order valence-corrected chi connectivity index (χ2v) is 6.72. The molecule has 1 aromatic heterocycles. The molecule has 140 valence electrons. The van der Waals surface area contributed by atoms with Crippen molar-refractivity contribution in [2.45, 2.75) is 6.42 Å². The number of hydrogen-bond donors (Lipinski definition) is 1. The number of carbonyl (C=O) groups is 1. The SMILES string of the molecule is COc1cccc(CC(=O)Nc2cccc(-c3nc4cc(Cl)ccc4o3)c2)c1. The van der Waals surface area contributed by atoms with Crippen LogP contribution in [0.1, 0.15) is 5.56 Å². The molecule has 0 spiro atoms. The van der Waals surface area contributed by atoms with Crippen molar-refractivity contribution in [3.05, 3.63) is 77.3 Å². The molecule has 3 aromatic carbocycles. The second kappa shape index (κ2) is 7.74. The van der Waals surface area contributed by atoms with Gasteiger partial charge in [0.2, 0.25) is 11.8 Å². The summed E-state index contributed by atoms with van der Waals surface area (Å²) < 4.78 is 11.0. The summed E-state index contributed by atoms with van der Waals surface area (Å²) in [6, 6.07) is 20.1. The van der Waals surface area contributed by atoms with Crippen molar-refractivity contribution in [2.24, 2.45) is 0 Å². The maximum Gasteiger partial charge on any atom is 0.228 e. The van der Waals surface area contributed by atoms with Gasteiger partial charge in [0.15, 0.2) is 5.58 Å². The monoisotopic (exact) mass is 392 g/mol. The molecule has 1 N–H and O–H groups in total. The van der Waals surface area contributed by atoms with E-state index in [0.29, 0.717) is 27.7 Å². The number of halogens is 1. The third kappa shape index (κ3) is 4.00. The second-order valence-electron chi connectivity index (χ2n) is 6.29. The molecular weight excluding hydrogens is 376 g/mol. The van der Waals surface area contributed by atoms with Crippen LogP contribution >= 0.6 is 11.6 Å². The molecule has 0 aliphatic rings. The van der Waals surface area contributed by atoms with Crippen LogP contribution in [0.5, 0.6) is 5.75 Å². The number of benzene rings is 3. The zero-order chi connectivity index (χ0) is 19.5. The van der Waals surface area contributed by atoms with E-state index in [9.17, 15) is 4.79 Å². The summed E-state index contributed by atoms with van der Waals surface area (Å²) in [6.07, 6.45) is 0.253. The first-order valence-corrected chi connectivity index (χ1v) is 9.08. The van der Waals surface area contributed by atoms with E-state index in [1.807, 2.05) is 48.5 Å². The molecule has 4 rings (SSSR count). The van der Waals surface area contributed by atoms with Crippen molar-refractivity contribution in [2.75, 3.05) is 12.4 Å². The molecule has 0 saturated heterocycles. The van der Waals surface area contributed by atoms with Gasteiger partial charge in [-0.1, -0.05) is 29.8 Å². The predicted octanol–water partition coefficient (Wildman–Crippen LogP) is 5.34. The fraction of sp³-hybridized carbons (Fsp3) is 0.0909. The van der Waals surface area contributed by atoms with Crippen molar-refractivity contribution in [3.8, 4) is 17.2 Å². The number of nitrogens with one attached hydrogen (secondary N) is 1. The quantitative estimate of drug-likeness (QED) is 0.498. The lowest BCUT2D eigenvalue weighted by molar-refractivity contribution is -0.115. The zero-order valence-corrected chi connectivity index (χ0v) is 15.9. The van der Waals surface area contributed by atoms with E-state index in [1.54, 1.807) is 25.3 Å². The minimum Gasteiger partial charge on any atom is -0.497 e. The lowest BCUT2D eigenvalue weighted by Gasteiger charge is -2.07. The standard InChI is InChI=1S/C22H17ClN2O3/c1-27-18-7-2-4-14(10-18)11-21(26)24-17-6-3-5-15(12-17)22-25-19-13-16(23)8-9-20(19)28-22/h2-10,12-13H,11H2,1H3,(H,24,26). The van der Waals surface area contributed by atoms with Crippen molar-refractivity contribution < 1.29 is 13.9 Å². The first-order valence-electron chi connectivity index (χ1n) is 8.70. The van der Waals surface area contributed by atoms with Crippen molar-refractivity contribution >= 4 is 34.3 Å². The van der Waals surface area contributed by atoms with Crippen molar-refractivity contribution in [1.82, 2.24) is 4.98 Å². The van der Waals surface area contributed by atoms with E-state index in [4.69, 9.17) is 20.8 Å². The molecular formula is C22H17ClN2O3. The van der Waals surface area contributed by atoms with Crippen LogP contribution in [0.2, 0.25) is 5.02 Å². The van der Waals surface area contributed by atoms with E-state index in [0.717, 1.165) is 16.9 Å². The summed E-state index contributed by atoms with van der Waals surface area (Å²) in [5, 5.41) is 3.51. The minimum absolute atomic E-state index is 0.116. The summed E-state index contributed by atoms with van der Waals surface area (Å²) in [7, 11) is 1.60. The minimum atomic E-state index is -0.116. The van der Waals surface area contributed by atoms with Crippen molar-refractivity contribution in [1.29, 1.82) is 0 Å². The van der Waals surface area contributed by atoms with E-state index in [1.165, 1.54) is 0 Å². The first-order chi connectivity index (χ1) is 13.6. The van der Waals surface area contributed by atoms with Crippen LogP contribution in [-0.2, 0) is 11.2 Å². The molecule has 0 saturated carbocycles. The number of rotatable bonds is 5. The smallest absolute Gasteiger partial charge is 0.228 e. The van der Waals surface area contributed by atoms with Gasteiger partial charge >= 0.3 is 0 Å². The Bertz CT molecular complexity index is 1150. The number of amides is 1. The van der Waals surface area contributed by atoms with Crippen LogP contribution in [-0.4, -0.2) is 18.0 Å². The maximum absolute atomic E-state index is 12.4. The first kappa shape index (κ1) is 18.1. The van der Waals surface area contributed by atoms with E-state index < -0.39 is 0 Å². The van der Waals surface area contributed by atoms with Gasteiger partial charge in [0.25, 0.3) is 0 Å². The molecule has 4 aromatic rings. The van der Waals surface area contributed by atoms with Crippen LogP contribution in [0.25, 0.3) is 22.6 Å². The number of ether oxygens (including phenoxy) is 1. The summed E-state index contributed by atoms with van der Waals surface area (Å²) in [4.78, 5) is 16.9. The number of oxazole rings is 1. The fourth-order valence-corrected chi connectivity index (χ4v) is 3.09. The summed E-state index contributed by atoms with van der Waals surface area (Å²) in [5.74, 6) is 1.08. The molecule has 6 heteroatoms. The Balaban J connectivity index is 1.52.